The standard InChI is InChI=1S/C16H26O/c1-12(2)11-14-5-7-15(8-6-14)16(9-10-17)13(3)4/h5-8,12-13,16-17H,9-11H2,1-4H3. The fourth-order valence-electron chi connectivity index (χ4n) is 2.40. The zero-order valence-electron chi connectivity index (χ0n) is 11.6. The van der Waals surface area contributed by atoms with Crippen LogP contribution in [0.2, 0.25) is 0 Å². The second-order valence-corrected chi connectivity index (χ2v) is 5.70. The summed E-state index contributed by atoms with van der Waals surface area (Å²) in [6.07, 6.45) is 2.01. The summed E-state index contributed by atoms with van der Waals surface area (Å²) in [5.41, 5.74) is 2.77. The molecule has 0 aliphatic heterocycles. The number of benzene rings is 1. The summed E-state index contributed by atoms with van der Waals surface area (Å²) < 4.78 is 0. The predicted molar refractivity (Wildman–Crippen MR) is 74.3 cm³/mol. The van der Waals surface area contributed by atoms with Crippen LogP contribution in [0, 0.1) is 11.8 Å². The van der Waals surface area contributed by atoms with Crippen molar-refractivity contribution < 1.29 is 5.11 Å². The highest BCUT2D eigenvalue weighted by Gasteiger charge is 2.14. The predicted octanol–water partition coefficient (Wildman–Crippen LogP) is 4.01. The molecular formula is C16H26O. The molecule has 0 amide bonds. The Morgan fingerprint density at radius 2 is 1.59 bits per heavy atom. The molecule has 0 radical (unpaired) electrons. The van der Waals surface area contributed by atoms with Crippen LogP contribution in [0.4, 0.5) is 0 Å². The van der Waals surface area contributed by atoms with Gasteiger partial charge in [-0.2, -0.15) is 0 Å². The molecule has 0 saturated carbocycles. The van der Waals surface area contributed by atoms with E-state index >= 15 is 0 Å². The molecule has 0 spiro atoms. The van der Waals surface area contributed by atoms with Crippen LogP contribution in [0.5, 0.6) is 0 Å². The Balaban J connectivity index is 2.77. The average Bonchev–Trinajstić information content (AvgIpc) is 2.26. The Kier molecular flexibility index (Phi) is 5.70. The Hall–Kier alpha value is -0.820. The lowest BCUT2D eigenvalue weighted by molar-refractivity contribution is 0.261. The smallest absolute Gasteiger partial charge is 0.0436 e. The molecule has 96 valence electrons. The van der Waals surface area contributed by atoms with Crippen molar-refractivity contribution in [1.29, 1.82) is 0 Å². The van der Waals surface area contributed by atoms with Crippen molar-refractivity contribution in [2.45, 2.75) is 46.5 Å². The van der Waals surface area contributed by atoms with Crippen LogP contribution in [0.15, 0.2) is 24.3 Å². The van der Waals surface area contributed by atoms with Gasteiger partial charge in [0.2, 0.25) is 0 Å². The van der Waals surface area contributed by atoms with Crippen LogP contribution in [-0.4, -0.2) is 11.7 Å². The molecule has 0 heterocycles. The molecule has 1 nitrogen and oxygen atoms in total. The van der Waals surface area contributed by atoms with Crippen LogP contribution >= 0.6 is 0 Å². The summed E-state index contributed by atoms with van der Waals surface area (Å²) in [6.45, 7) is 9.22. The lowest BCUT2D eigenvalue weighted by Gasteiger charge is -2.20. The first-order valence-electron chi connectivity index (χ1n) is 6.74. The minimum Gasteiger partial charge on any atom is -0.396 e. The van der Waals surface area contributed by atoms with E-state index in [2.05, 4.69) is 52.0 Å². The summed E-state index contributed by atoms with van der Waals surface area (Å²) in [7, 11) is 0. The van der Waals surface area contributed by atoms with E-state index in [-0.39, 0.29) is 6.61 Å². The Morgan fingerprint density at radius 3 is 2.00 bits per heavy atom. The van der Waals surface area contributed by atoms with E-state index < -0.39 is 0 Å². The summed E-state index contributed by atoms with van der Waals surface area (Å²) in [5, 5.41) is 9.12. The number of rotatable bonds is 6. The number of hydrogen-bond donors (Lipinski definition) is 1. The first kappa shape index (κ1) is 14.2. The van der Waals surface area contributed by atoms with Gasteiger partial charge < -0.3 is 5.11 Å². The highest BCUT2D eigenvalue weighted by Crippen LogP contribution is 2.28. The summed E-state index contributed by atoms with van der Waals surface area (Å²) >= 11 is 0. The van der Waals surface area contributed by atoms with E-state index in [1.165, 1.54) is 11.1 Å². The van der Waals surface area contributed by atoms with E-state index in [1.807, 2.05) is 0 Å². The van der Waals surface area contributed by atoms with Gasteiger partial charge in [0.25, 0.3) is 0 Å². The van der Waals surface area contributed by atoms with Crippen LogP contribution in [0.1, 0.15) is 51.2 Å². The molecule has 0 saturated heterocycles. The first-order chi connectivity index (χ1) is 8.04. The van der Waals surface area contributed by atoms with Gasteiger partial charge in [-0.1, -0.05) is 52.0 Å². The number of hydrogen-bond acceptors (Lipinski definition) is 1. The molecule has 1 aromatic rings. The molecule has 1 unspecified atom stereocenters. The molecular weight excluding hydrogens is 208 g/mol. The van der Waals surface area contributed by atoms with Gasteiger partial charge in [-0.15, -0.1) is 0 Å². The van der Waals surface area contributed by atoms with Gasteiger partial charge >= 0.3 is 0 Å². The minimum atomic E-state index is 0.274. The van der Waals surface area contributed by atoms with Gasteiger partial charge in [0.1, 0.15) is 0 Å². The van der Waals surface area contributed by atoms with E-state index in [9.17, 15) is 0 Å². The highest BCUT2D eigenvalue weighted by molar-refractivity contribution is 5.26. The summed E-state index contributed by atoms with van der Waals surface area (Å²) in [4.78, 5) is 0. The molecule has 0 bridgehead atoms. The quantitative estimate of drug-likeness (QED) is 0.788. The van der Waals surface area contributed by atoms with Crippen molar-refractivity contribution in [3.8, 4) is 0 Å². The van der Waals surface area contributed by atoms with E-state index in [0.717, 1.165) is 12.8 Å². The van der Waals surface area contributed by atoms with Gasteiger partial charge in [0.15, 0.2) is 0 Å². The van der Waals surface area contributed by atoms with E-state index in [4.69, 9.17) is 5.11 Å². The van der Waals surface area contributed by atoms with Gasteiger partial charge in [0.05, 0.1) is 0 Å². The molecule has 0 aliphatic carbocycles. The molecule has 0 fully saturated rings. The van der Waals surface area contributed by atoms with Gasteiger partial charge in [-0.05, 0) is 41.7 Å². The largest absolute Gasteiger partial charge is 0.396 e. The topological polar surface area (TPSA) is 20.2 Å². The molecule has 17 heavy (non-hydrogen) atoms. The molecule has 1 atom stereocenters. The zero-order chi connectivity index (χ0) is 12.8. The number of aliphatic hydroxyl groups excluding tert-OH is 1. The number of aliphatic hydroxyl groups is 1. The fourth-order valence-corrected chi connectivity index (χ4v) is 2.40. The van der Waals surface area contributed by atoms with Crippen LogP contribution in [0.3, 0.4) is 0 Å². The van der Waals surface area contributed by atoms with Gasteiger partial charge in [-0.3, -0.25) is 0 Å². The maximum absolute atomic E-state index is 9.12. The zero-order valence-corrected chi connectivity index (χ0v) is 11.6. The molecule has 1 aromatic carbocycles. The van der Waals surface area contributed by atoms with Crippen molar-refractivity contribution >= 4 is 0 Å². The van der Waals surface area contributed by atoms with Crippen LogP contribution in [-0.2, 0) is 6.42 Å². The van der Waals surface area contributed by atoms with Crippen LogP contribution < -0.4 is 0 Å². The SMILES string of the molecule is CC(C)Cc1ccc(C(CCO)C(C)C)cc1. The molecule has 1 heteroatoms. The Morgan fingerprint density at radius 1 is 1.00 bits per heavy atom. The average molecular weight is 234 g/mol. The summed E-state index contributed by atoms with van der Waals surface area (Å²) in [6, 6.07) is 8.94. The minimum absolute atomic E-state index is 0.274. The van der Waals surface area contributed by atoms with Crippen molar-refractivity contribution in [2.75, 3.05) is 6.61 Å². The van der Waals surface area contributed by atoms with Gasteiger partial charge in [-0.25, -0.2) is 0 Å². The Labute approximate surface area is 106 Å². The fraction of sp³-hybridized carbons (Fsp3) is 0.625. The normalized spacial score (nSPS) is 13.4. The van der Waals surface area contributed by atoms with Crippen molar-refractivity contribution in [1.82, 2.24) is 0 Å². The lowest BCUT2D eigenvalue weighted by atomic mass is 9.85. The molecule has 0 aromatic heterocycles. The molecule has 1 N–H and O–H groups in total. The lowest BCUT2D eigenvalue weighted by Crippen LogP contribution is -2.09. The van der Waals surface area contributed by atoms with E-state index in [1.54, 1.807) is 0 Å². The maximum atomic E-state index is 9.12. The van der Waals surface area contributed by atoms with E-state index in [0.29, 0.717) is 17.8 Å². The van der Waals surface area contributed by atoms with Crippen molar-refractivity contribution in [3.63, 3.8) is 0 Å². The summed E-state index contributed by atoms with van der Waals surface area (Å²) in [5.74, 6) is 1.77. The van der Waals surface area contributed by atoms with Crippen molar-refractivity contribution in [2.24, 2.45) is 11.8 Å². The third-order valence-corrected chi connectivity index (χ3v) is 3.30. The third kappa shape index (κ3) is 4.51. The second kappa shape index (κ2) is 6.80. The second-order valence-electron chi connectivity index (χ2n) is 5.70. The first-order valence-corrected chi connectivity index (χ1v) is 6.74. The Bertz CT molecular complexity index is 311. The van der Waals surface area contributed by atoms with Gasteiger partial charge in [0, 0.05) is 6.61 Å². The maximum Gasteiger partial charge on any atom is 0.0436 e. The monoisotopic (exact) mass is 234 g/mol. The van der Waals surface area contributed by atoms with Crippen molar-refractivity contribution in [3.05, 3.63) is 35.4 Å². The molecule has 1 rings (SSSR count). The third-order valence-electron chi connectivity index (χ3n) is 3.30. The van der Waals surface area contributed by atoms with Crippen LogP contribution in [0.25, 0.3) is 0 Å². The molecule has 0 aliphatic rings. The highest BCUT2D eigenvalue weighted by atomic mass is 16.3.